The Labute approximate surface area is 84.1 Å². The van der Waals surface area contributed by atoms with Crippen molar-refractivity contribution in [1.29, 1.82) is 0 Å². The van der Waals surface area contributed by atoms with Crippen LogP contribution in [0, 0.1) is 6.07 Å². The molecule has 14 heavy (non-hydrogen) atoms. The zero-order valence-electron chi connectivity index (χ0n) is 8.41. The van der Waals surface area contributed by atoms with Crippen molar-refractivity contribution in [2.75, 3.05) is 11.9 Å². The number of esters is 1. The molecule has 1 N–H and O–H groups in total. The number of rotatable bonds is 4. The summed E-state index contributed by atoms with van der Waals surface area (Å²) in [5.41, 5.74) is 0.799. The topological polar surface area (TPSA) is 38.3 Å². The first-order valence-electron chi connectivity index (χ1n) is 4.64. The van der Waals surface area contributed by atoms with Crippen molar-refractivity contribution in [3.63, 3.8) is 0 Å². The molecule has 1 radical (unpaired) electrons. The zero-order valence-corrected chi connectivity index (χ0v) is 8.41. The molecule has 1 aromatic rings. The first kappa shape index (κ1) is 10.6. The average Bonchev–Trinajstić information content (AvgIpc) is 2.19. The lowest BCUT2D eigenvalue weighted by atomic mass is 10.2. The molecule has 0 aliphatic heterocycles. The van der Waals surface area contributed by atoms with Gasteiger partial charge >= 0.3 is 5.97 Å². The van der Waals surface area contributed by atoms with Gasteiger partial charge in [0.1, 0.15) is 6.04 Å². The van der Waals surface area contributed by atoms with Crippen molar-refractivity contribution < 1.29 is 9.53 Å². The predicted molar refractivity (Wildman–Crippen MR) is 55.0 cm³/mol. The minimum atomic E-state index is -0.339. The summed E-state index contributed by atoms with van der Waals surface area (Å²) in [7, 11) is 0. The SMILES string of the molecule is CCOC(=O)C(C)Nc1[c]cccc1. The number of ether oxygens (including phenoxy) is 1. The third-order valence-corrected chi connectivity index (χ3v) is 1.72. The van der Waals surface area contributed by atoms with E-state index in [9.17, 15) is 4.79 Å². The van der Waals surface area contributed by atoms with E-state index in [0.29, 0.717) is 6.61 Å². The highest BCUT2D eigenvalue weighted by Gasteiger charge is 2.12. The fourth-order valence-corrected chi connectivity index (χ4v) is 1.04. The van der Waals surface area contributed by atoms with E-state index in [-0.39, 0.29) is 12.0 Å². The summed E-state index contributed by atoms with van der Waals surface area (Å²) in [4.78, 5) is 11.2. The Morgan fingerprint density at radius 3 is 3.00 bits per heavy atom. The molecule has 1 rings (SSSR count). The number of anilines is 1. The van der Waals surface area contributed by atoms with Gasteiger partial charge in [0.2, 0.25) is 0 Å². The van der Waals surface area contributed by atoms with Crippen LogP contribution < -0.4 is 5.32 Å². The first-order chi connectivity index (χ1) is 6.74. The third kappa shape index (κ3) is 3.09. The normalized spacial score (nSPS) is 11.9. The highest BCUT2D eigenvalue weighted by atomic mass is 16.5. The van der Waals surface area contributed by atoms with Gasteiger partial charge in [0.15, 0.2) is 0 Å². The molecule has 0 aromatic heterocycles. The summed E-state index contributed by atoms with van der Waals surface area (Å²) in [5.74, 6) is -0.246. The van der Waals surface area contributed by atoms with E-state index < -0.39 is 0 Å². The van der Waals surface area contributed by atoms with Crippen molar-refractivity contribution >= 4 is 11.7 Å². The maximum atomic E-state index is 11.2. The number of para-hydroxylation sites is 1. The maximum absolute atomic E-state index is 11.2. The summed E-state index contributed by atoms with van der Waals surface area (Å²) in [6.45, 7) is 3.96. The lowest BCUT2D eigenvalue weighted by Gasteiger charge is -2.13. The molecule has 0 amide bonds. The zero-order chi connectivity index (χ0) is 10.4. The summed E-state index contributed by atoms with van der Waals surface area (Å²) in [6.07, 6.45) is 0. The van der Waals surface area contributed by atoms with Gasteiger partial charge in [0.25, 0.3) is 0 Å². The molecule has 1 unspecified atom stereocenters. The van der Waals surface area contributed by atoms with Crippen molar-refractivity contribution in [3.05, 3.63) is 30.3 Å². The lowest BCUT2D eigenvalue weighted by molar-refractivity contribution is -0.143. The monoisotopic (exact) mass is 192 g/mol. The average molecular weight is 192 g/mol. The molecule has 0 saturated heterocycles. The van der Waals surface area contributed by atoms with Gasteiger partial charge in [-0.1, -0.05) is 18.2 Å². The Balaban J connectivity index is 2.49. The van der Waals surface area contributed by atoms with Gasteiger partial charge in [-0.2, -0.15) is 0 Å². The molecule has 1 atom stereocenters. The molecular weight excluding hydrogens is 178 g/mol. The van der Waals surface area contributed by atoms with Crippen molar-refractivity contribution in [2.24, 2.45) is 0 Å². The van der Waals surface area contributed by atoms with Crippen LogP contribution in [-0.2, 0) is 9.53 Å². The second kappa shape index (κ2) is 5.27. The summed E-state index contributed by atoms with van der Waals surface area (Å²) < 4.78 is 4.86. The van der Waals surface area contributed by atoms with Crippen molar-refractivity contribution in [1.82, 2.24) is 0 Å². The van der Waals surface area contributed by atoms with Gasteiger partial charge in [-0.25, -0.2) is 4.79 Å². The fraction of sp³-hybridized carbons (Fsp3) is 0.364. The first-order valence-corrected chi connectivity index (χ1v) is 4.64. The number of nitrogens with one attached hydrogen (secondary N) is 1. The largest absolute Gasteiger partial charge is 0.464 e. The van der Waals surface area contributed by atoms with Gasteiger partial charge in [0.05, 0.1) is 6.61 Å². The van der Waals surface area contributed by atoms with Crippen molar-refractivity contribution in [3.8, 4) is 0 Å². The van der Waals surface area contributed by atoms with Crippen LogP contribution in [0.4, 0.5) is 5.69 Å². The summed E-state index contributed by atoms with van der Waals surface area (Å²) in [5, 5.41) is 3.00. The van der Waals surface area contributed by atoms with Crippen LogP contribution in [0.25, 0.3) is 0 Å². The molecule has 3 nitrogen and oxygen atoms in total. The highest BCUT2D eigenvalue weighted by molar-refractivity contribution is 5.78. The standard InChI is InChI=1S/C11H14NO2/c1-3-14-11(13)9(2)12-10-7-5-4-6-8-10/h4-7,9,12H,3H2,1-2H3. The quantitative estimate of drug-likeness (QED) is 0.740. The highest BCUT2D eigenvalue weighted by Crippen LogP contribution is 2.06. The second-order valence-electron chi connectivity index (χ2n) is 2.89. The molecular formula is C11H14NO2. The van der Waals surface area contributed by atoms with Gasteiger partial charge in [0, 0.05) is 11.8 Å². The van der Waals surface area contributed by atoms with E-state index in [1.165, 1.54) is 0 Å². The Morgan fingerprint density at radius 2 is 2.43 bits per heavy atom. The smallest absolute Gasteiger partial charge is 0.328 e. The molecule has 0 spiro atoms. The molecule has 75 valence electrons. The molecule has 1 aromatic carbocycles. The van der Waals surface area contributed by atoms with E-state index in [1.54, 1.807) is 19.9 Å². The van der Waals surface area contributed by atoms with Crippen LogP contribution in [0.2, 0.25) is 0 Å². The number of benzene rings is 1. The number of hydrogen-bond donors (Lipinski definition) is 1. The molecule has 0 aliphatic carbocycles. The maximum Gasteiger partial charge on any atom is 0.328 e. The van der Waals surface area contributed by atoms with Crippen LogP contribution in [-0.4, -0.2) is 18.6 Å². The summed E-state index contributed by atoms with van der Waals surface area (Å²) in [6, 6.07) is 10.0. The van der Waals surface area contributed by atoms with Crippen LogP contribution in [0.1, 0.15) is 13.8 Å². The minimum Gasteiger partial charge on any atom is -0.464 e. The van der Waals surface area contributed by atoms with Gasteiger partial charge < -0.3 is 10.1 Å². The van der Waals surface area contributed by atoms with E-state index in [0.717, 1.165) is 5.69 Å². The summed E-state index contributed by atoms with van der Waals surface area (Å²) >= 11 is 0. The van der Waals surface area contributed by atoms with Gasteiger partial charge in [-0.05, 0) is 19.9 Å². The third-order valence-electron chi connectivity index (χ3n) is 1.72. The van der Waals surface area contributed by atoms with E-state index in [4.69, 9.17) is 4.74 Å². The van der Waals surface area contributed by atoms with E-state index in [2.05, 4.69) is 11.4 Å². The van der Waals surface area contributed by atoms with Gasteiger partial charge in [-0.15, -0.1) is 0 Å². The number of hydrogen-bond acceptors (Lipinski definition) is 3. The van der Waals surface area contributed by atoms with Gasteiger partial charge in [-0.3, -0.25) is 0 Å². The molecule has 0 heterocycles. The Kier molecular flexibility index (Phi) is 3.98. The van der Waals surface area contributed by atoms with E-state index >= 15 is 0 Å². The Bertz CT molecular complexity index is 285. The Morgan fingerprint density at radius 1 is 1.64 bits per heavy atom. The molecule has 0 fully saturated rings. The van der Waals surface area contributed by atoms with E-state index in [1.807, 2.05) is 18.2 Å². The number of carbonyl (C=O) groups is 1. The van der Waals surface area contributed by atoms with Crippen LogP contribution in [0.5, 0.6) is 0 Å². The molecule has 0 aliphatic rings. The Hall–Kier alpha value is -1.51. The lowest BCUT2D eigenvalue weighted by Crippen LogP contribution is -2.28. The van der Waals surface area contributed by atoms with Crippen LogP contribution in [0.3, 0.4) is 0 Å². The fourth-order valence-electron chi connectivity index (χ4n) is 1.04. The molecule has 3 heteroatoms. The van der Waals surface area contributed by atoms with Crippen molar-refractivity contribution in [2.45, 2.75) is 19.9 Å². The second-order valence-corrected chi connectivity index (χ2v) is 2.89. The number of carbonyl (C=O) groups excluding carboxylic acids is 1. The van der Waals surface area contributed by atoms with Crippen LogP contribution >= 0.6 is 0 Å². The predicted octanol–water partition coefficient (Wildman–Crippen LogP) is 1.85. The van der Waals surface area contributed by atoms with Crippen LogP contribution in [0.15, 0.2) is 24.3 Å². The molecule has 0 bridgehead atoms. The molecule has 0 saturated carbocycles. The minimum absolute atomic E-state index is 0.246.